The summed E-state index contributed by atoms with van der Waals surface area (Å²) in [6.45, 7) is 7.64. The first-order valence-electron chi connectivity index (χ1n) is 8.06. The predicted molar refractivity (Wildman–Crippen MR) is 83.7 cm³/mol. The summed E-state index contributed by atoms with van der Waals surface area (Å²) >= 11 is 0. The van der Waals surface area contributed by atoms with Crippen molar-refractivity contribution < 1.29 is 8.42 Å². The molecule has 2 aliphatic rings. The zero-order chi connectivity index (χ0) is 14.8. The van der Waals surface area contributed by atoms with E-state index in [0.717, 1.165) is 32.0 Å². The van der Waals surface area contributed by atoms with E-state index >= 15 is 0 Å². The Morgan fingerprint density at radius 2 is 2.05 bits per heavy atom. The summed E-state index contributed by atoms with van der Waals surface area (Å²) in [5, 5.41) is 3.72. The van der Waals surface area contributed by atoms with Crippen LogP contribution in [0.3, 0.4) is 0 Å². The van der Waals surface area contributed by atoms with Gasteiger partial charge in [0.1, 0.15) is 9.84 Å². The average Bonchev–Trinajstić information content (AvgIpc) is 3.20. The molecule has 0 aromatic carbocycles. The Morgan fingerprint density at radius 1 is 1.35 bits per heavy atom. The quantitative estimate of drug-likeness (QED) is 0.775. The first-order chi connectivity index (χ1) is 9.40. The lowest BCUT2D eigenvalue weighted by Crippen LogP contribution is -2.59. The Hall–Kier alpha value is -0.130. The van der Waals surface area contributed by atoms with Crippen LogP contribution in [0.2, 0.25) is 0 Å². The Balaban J connectivity index is 1.90. The van der Waals surface area contributed by atoms with Crippen LogP contribution in [-0.4, -0.2) is 57.0 Å². The molecule has 0 aromatic heterocycles. The predicted octanol–water partition coefficient (Wildman–Crippen LogP) is 1.52. The molecular weight excluding hydrogens is 272 g/mol. The molecule has 118 valence electrons. The van der Waals surface area contributed by atoms with Crippen LogP contribution in [0.4, 0.5) is 0 Å². The van der Waals surface area contributed by atoms with Gasteiger partial charge in [0.2, 0.25) is 0 Å². The van der Waals surface area contributed by atoms with Gasteiger partial charge < -0.3 is 5.32 Å². The van der Waals surface area contributed by atoms with Gasteiger partial charge in [-0.15, -0.1) is 0 Å². The van der Waals surface area contributed by atoms with Crippen molar-refractivity contribution in [2.45, 2.75) is 51.6 Å². The minimum absolute atomic E-state index is 0.318. The molecule has 3 atom stereocenters. The fraction of sp³-hybridized carbons (Fsp3) is 1.00. The number of hydrogen-bond donors (Lipinski definition) is 1. The molecule has 1 heterocycles. The second-order valence-electron chi connectivity index (χ2n) is 6.78. The lowest BCUT2D eigenvalue weighted by molar-refractivity contribution is 0.0860. The number of nitrogens with zero attached hydrogens (tertiary/aromatic N) is 1. The molecule has 4 nitrogen and oxygen atoms in total. The molecule has 0 spiro atoms. The largest absolute Gasteiger partial charge is 0.311 e. The molecule has 0 radical (unpaired) electrons. The van der Waals surface area contributed by atoms with Gasteiger partial charge in [0.25, 0.3) is 0 Å². The number of hydrogen-bond acceptors (Lipinski definition) is 4. The molecule has 1 aliphatic heterocycles. The van der Waals surface area contributed by atoms with Gasteiger partial charge in [-0.2, -0.15) is 0 Å². The standard InChI is InChI=1S/C15H30N2O2S/c1-4-12(2)15-10-16-14(13-6-7-13)11-17(15)8-5-9-20(3,18)19/h12-16H,4-11H2,1-3H3. The third kappa shape index (κ3) is 4.71. The van der Waals surface area contributed by atoms with Gasteiger partial charge in [-0.1, -0.05) is 20.3 Å². The van der Waals surface area contributed by atoms with Crippen LogP contribution in [0.1, 0.15) is 39.5 Å². The van der Waals surface area contributed by atoms with Crippen molar-refractivity contribution >= 4 is 9.84 Å². The van der Waals surface area contributed by atoms with Crippen LogP contribution < -0.4 is 5.32 Å². The van der Waals surface area contributed by atoms with Gasteiger partial charge in [0.15, 0.2) is 0 Å². The zero-order valence-electron chi connectivity index (χ0n) is 13.1. The molecule has 2 rings (SSSR count). The second-order valence-corrected chi connectivity index (χ2v) is 9.04. The van der Waals surface area contributed by atoms with Crippen molar-refractivity contribution in [3.05, 3.63) is 0 Å². The van der Waals surface area contributed by atoms with Crippen LogP contribution in [0.5, 0.6) is 0 Å². The van der Waals surface area contributed by atoms with Crippen molar-refractivity contribution in [2.24, 2.45) is 11.8 Å². The van der Waals surface area contributed by atoms with Gasteiger partial charge in [-0.25, -0.2) is 8.42 Å². The van der Waals surface area contributed by atoms with Gasteiger partial charge in [0, 0.05) is 31.4 Å². The number of nitrogens with one attached hydrogen (secondary N) is 1. The minimum Gasteiger partial charge on any atom is -0.311 e. The molecule has 1 N–H and O–H groups in total. The van der Waals surface area contributed by atoms with E-state index in [-0.39, 0.29) is 0 Å². The summed E-state index contributed by atoms with van der Waals surface area (Å²) < 4.78 is 22.6. The van der Waals surface area contributed by atoms with Crippen molar-refractivity contribution in [1.29, 1.82) is 0 Å². The maximum absolute atomic E-state index is 11.3. The fourth-order valence-corrected chi connectivity index (χ4v) is 3.94. The number of sulfone groups is 1. The van der Waals surface area contributed by atoms with Crippen LogP contribution in [0.15, 0.2) is 0 Å². The first kappa shape index (κ1) is 16.2. The van der Waals surface area contributed by atoms with E-state index in [1.165, 1.54) is 25.5 Å². The smallest absolute Gasteiger partial charge is 0.147 e. The van der Waals surface area contributed by atoms with E-state index in [1.807, 2.05) is 0 Å². The molecule has 3 unspecified atom stereocenters. The highest BCUT2D eigenvalue weighted by atomic mass is 32.2. The maximum atomic E-state index is 11.3. The molecule has 20 heavy (non-hydrogen) atoms. The summed E-state index contributed by atoms with van der Waals surface area (Å²) in [5.74, 6) is 1.85. The molecule has 5 heteroatoms. The summed E-state index contributed by atoms with van der Waals surface area (Å²) in [4.78, 5) is 2.55. The average molecular weight is 302 g/mol. The van der Waals surface area contributed by atoms with Crippen molar-refractivity contribution in [2.75, 3.05) is 31.6 Å². The second kappa shape index (κ2) is 6.75. The monoisotopic (exact) mass is 302 g/mol. The van der Waals surface area contributed by atoms with Crippen molar-refractivity contribution in [3.63, 3.8) is 0 Å². The normalized spacial score (nSPS) is 30.4. The molecular formula is C15H30N2O2S. The highest BCUT2D eigenvalue weighted by Crippen LogP contribution is 2.35. The maximum Gasteiger partial charge on any atom is 0.147 e. The highest BCUT2D eigenvalue weighted by Gasteiger charge is 2.38. The summed E-state index contributed by atoms with van der Waals surface area (Å²) in [6, 6.07) is 1.20. The fourth-order valence-electron chi connectivity index (χ4n) is 3.29. The molecule has 1 saturated carbocycles. The lowest BCUT2D eigenvalue weighted by atomic mass is 9.93. The van der Waals surface area contributed by atoms with Crippen LogP contribution in [0.25, 0.3) is 0 Å². The molecule has 0 aromatic rings. The van der Waals surface area contributed by atoms with Gasteiger partial charge >= 0.3 is 0 Å². The van der Waals surface area contributed by atoms with Gasteiger partial charge in [-0.05, 0) is 37.6 Å². The third-order valence-electron chi connectivity index (χ3n) is 4.94. The van der Waals surface area contributed by atoms with Crippen LogP contribution in [0, 0.1) is 11.8 Å². The molecule has 1 aliphatic carbocycles. The SMILES string of the molecule is CCC(C)C1CNC(C2CC2)CN1CCCS(C)(=O)=O. The topological polar surface area (TPSA) is 49.4 Å². The Kier molecular flexibility index (Phi) is 5.49. The van der Waals surface area contributed by atoms with Gasteiger partial charge in [-0.3, -0.25) is 4.90 Å². The van der Waals surface area contributed by atoms with Crippen LogP contribution >= 0.6 is 0 Å². The van der Waals surface area contributed by atoms with Crippen LogP contribution in [-0.2, 0) is 9.84 Å². The van der Waals surface area contributed by atoms with E-state index in [0.29, 0.717) is 23.8 Å². The van der Waals surface area contributed by atoms with E-state index < -0.39 is 9.84 Å². The Morgan fingerprint density at radius 3 is 2.60 bits per heavy atom. The summed E-state index contributed by atoms with van der Waals surface area (Å²) in [5.41, 5.74) is 0. The highest BCUT2D eigenvalue weighted by molar-refractivity contribution is 7.90. The van der Waals surface area contributed by atoms with E-state index in [4.69, 9.17) is 0 Å². The lowest BCUT2D eigenvalue weighted by Gasteiger charge is -2.43. The zero-order valence-corrected chi connectivity index (χ0v) is 14.0. The van der Waals surface area contributed by atoms with E-state index in [9.17, 15) is 8.42 Å². The van der Waals surface area contributed by atoms with Gasteiger partial charge in [0.05, 0.1) is 5.75 Å². The van der Waals surface area contributed by atoms with Crippen molar-refractivity contribution in [3.8, 4) is 0 Å². The minimum atomic E-state index is -2.83. The summed E-state index contributed by atoms with van der Waals surface area (Å²) in [7, 11) is -2.83. The molecule has 0 amide bonds. The summed E-state index contributed by atoms with van der Waals surface area (Å²) in [6.07, 6.45) is 6.02. The molecule has 0 bridgehead atoms. The number of piperazine rings is 1. The Labute approximate surface area is 124 Å². The third-order valence-corrected chi connectivity index (χ3v) is 5.97. The molecule has 2 fully saturated rings. The Bertz CT molecular complexity index is 406. The van der Waals surface area contributed by atoms with E-state index in [2.05, 4.69) is 24.1 Å². The first-order valence-corrected chi connectivity index (χ1v) is 10.1. The van der Waals surface area contributed by atoms with Crippen molar-refractivity contribution in [1.82, 2.24) is 10.2 Å². The van der Waals surface area contributed by atoms with E-state index in [1.54, 1.807) is 0 Å². The molecule has 1 saturated heterocycles. The number of rotatable bonds is 7.